The van der Waals surface area contributed by atoms with Gasteiger partial charge >= 0.3 is 5.97 Å². The average molecular weight is 495 g/mol. The van der Waals surface area contributed by atoms with Gasteiger partial charge in [0.1, 0.15) is 24.3 Å². The van der Waals surface area contributed by atoms with Crippen LogP contribution in [0.1, 0.15) is 84.5 Å². The van der Waals surface area contributed by atoms with E-state index in [-0.39, 0.29) is 18.5 Å². The molecule has 0 spiro atoms. The minimum atomic E-state index is -0.921. The third-order valence-electron chi connectivity index (χ3n) is 7.22. The van der Waals surface area contributed by atoms with Gasteiger partial charge in [-0.15, -0.1) is 0 Å². The van der Waals surface area contributed by atoms with Crippen LogP contribution in [0, 0.1) is 11.8 Å². The summed E-state index contributed by atoms with van der Waals surface area (Å²) in [5, 5.41) is 0. The number of hydrogen-bond acceptors (Lipinski definition) is 3. The van der Waals surface area contributed by atoms with Gasteiger partial charge in [-0.3, -0.25) is 4.79 Å². The van der Waals surface area contributed by atoms with E-state index in [0.717, 1.165) is 74.8 Å². The molecule has 0 radical (unpaired) electrons. The predicted molar refractivity (Wildman–Crippen MR) is 146 cm³/mol. The van der Waals surface area contributed by atoms with Gasteiger partial charge in [-0.1, -0.05) is 69.0 Å². The summed E-state index contributed by atoms with van der Waals surface area (Å²) in [5.41, 5.74) is 2.06. The summed E-state index contributed by atoms with van der Waals surface area (Å²) in [6.45, 7) is 4.32. The van der Waals surface area contributed by atoms with Crippen molar-refractivity contribution in [3.8, 4) is 22.6 Å². The van der Waals surface area contributed by atoms with Gasteiger partial charge < -0.3 is 9.47 Å². The standard InChI is InChI=1S/C32H43FO3/c1-3-5-7-9-11-29(33)24-35-30-20-16-26(17-21-30)27-18-22-31(23-19-27)36-32(34)28-14-12-25(13-15-28)10-8-6-4-2/h4,6,16-23,25,28-29H,3,5,7-15,24H2,1-2H3/b6-4+/t25?,28?,29-/m0/s1. The zero-order chi connectivity index (χ0) is 25.6. The third-order valence-corrected chi connectivity index (χ3v) is 7.22. The lowest BCUT2D eigenvalue weighted by atomic mass is 9.80. The monoisotopic (exact) mass is 494 g/mol. The van der Waals surface area contributed by atoms with Crippen LogP contribution in [0.4, 0.5) is 4.39 Å². The highest BCUT2D eigenvalue weighted by atomic mass is 19.1. The molecule has 0 heterocycles. The van der Waals surface area contributed by atoms with Crippen molar-refractivity contribution in [3.63, 3.8) is 0 Å². The minimum Gasteiger partial charge on any atom is -0.491 e. The van der Waals surface area contributed by atoms with E-state index in [9.17, 15) is 9.18 Å². The zero-order valence-corrected chi connectivity index (χ0v) is 22.1. The molecule has 1 aliphatic rings. The van der Waals surface area contributed by atoms with E-state index in [1.165, 1.54) is 6.42 Å². The first-order chi connectivity index (χ1) is 17.6. The molecule has 0 aromatic heterocycles. The van der Waals surface area contributed by atoms with Gasteiger partial charge in [0, 0.05) is 0 Å². The molecule has 36 heavy (non-hydrogen) atoms. The Morgan fingerprint density at radius 2 is 1.58 bits per heavy atom. The van der Waals surface area contributed by atoms with Crippen LogP contribution in [-0.2, 0) is 4.79 Å². The second kappa shape index (κ2) is 15.5. The van der Waals surface area contributed by atoms with Gasteiger partial charge in [-0.2, -0.15) is 0 Å². The maximum absolute atomic E-state index is 14.0. The second-order valence-electron chi connectivity index (χ2n) is 10.1. The molecular weight excluding hydrogens is 451 g/mol. The van der Waals surface area contributed by atoms with Crippen LogP contribution in [-0.4, -0.2) is 18.7 Å². The van der Waals surface area contributed by atoms with Crippen molar-refractivity contribution in [2.75, 3.05) is 6.61 Å². The highest BCUT2D eigenvalue weighted by Crippen LogP contribution is 2.33. The van der Waals surface area contributed by atoms with E-state index in [1.54, 1.807) is 0 Å². The summed E-state index contributed by atoms with van der Waals surface area (Å²) >= 11 is 0. The number of allylic oxidation sites excluding steroid dienone is 2. The first-order valence-corrected chi connectivity index (χ1v) is 13.9. The molecule has 0 unspecified atom stereocenters. The first kappa shape index (κ1) is 28.0. The van der Waals surface area contributed by atoms with Gasteiger partial charge in [0.15, 0.2) is 0 Å². The van der Waals surface area contributed by atoms with Crippen LogP contribution in [0.15, 0.2) is 60.7 Å². The maximum Gasteiger partial charge on any atom is 0.314 e. The largest absolute Gasteiger partial charge is 0.491 e. The number of benzene rings is 2. The van der Waals surface area contributed by atoms with Crippen LogP contribution in [0.5, 0.6) is 11.5 Å². The van der Waals surface area contributed by atoms with Crippen molar-refractivity contribution in [2.24, 2.45) is 11.8 Å². The molecule has 3 nitrogen and oxygen atoms in total. The summed E-state index contributed by atoms with van der Waals surface area (Å²) < 4.78 is 25.3. The number of carbonyl (C=O) groups is 1. The normalized spacial score (nSPS) is 18.8. The minimum absolute atomic E-state index is 0.00967. The van der Waals surface area contributed by atoms with E-state index < -0.39 is 6.17 Å². The zero-order valence-electron chi connectivity index (χ0n) is 22.1. The number of halogens is 1. The molecule has 3 rings (SSSR count). The Kier molecular flexibility index (Phi) is 12.0. The first-order valence-electron chi connectivity index (χ1n) is 13.9. The smallest absolute Gasteiger partial charge is 0.314 e. The molecule has 196 valence electrons. The molecule has 1 aliphatic carbocycles. The molecule has 1 saturated carbocycles. The van der Waals surface area contributed by atoms with Crippen LogP contribution < -0.4 is 9.47 Å². The van der Waals surface area contributed by atoms with Crippen LogP contribution in [0.3, 0.4) is 0 Å². The van der Waals surface area contributed by atoms with Crippen molar-refractivity contribution < 1.29 is 18.7 Å². The fourth-order valence-corrected chi connectivity index (χ4v) is 4.91. The highest BCUT2D eigenvalue weighted by molar-refractivity contribution is 5.75. The second-order valence-corrected chi connectivity index (χ2v) is 10.1. The summed E-state index contributed by atoms with van der Waals surface area (Å²) in [6, 6.07) is 15.3. The molecule has 0 amide bonds. The van der Waals surface area contributed by atoms with Gasteiger partial charge in [0.2, 0.25) is 0 Å². The summed E-state index contributed by atoms with van der Waals surface area (Å²) in [7, 11) is 0. The quantitative estimate of drug-likeness (QED) is 0.114. The summed E-state index contributed by atoms with van der Waals surface area (Å²) in [6.07, 6.45) is 14.7. The number of hydrogen-bond donors (Lipinski definition) is 0. The molecule has 0 N–H and O–H groups in total. The molecule has 1 fully saturated rings. The summed E-state index contributed by atoms with van der Waals surface area (Å²) in [5.74, 6) is 1.90. The lowest BCUT2D eigenvalue weighted by Gasteiger charge is -2.26. The molecule has 2 aromatic rings. The molecule has 2 aromatic carbocycles. The fraction of sp³-hybridized carbons (Fsp3) is 0.531. The fourth-order valence-electron chi connectivity index (χ4n) is 4.91. The number of alkyl halides is 1. The Bertz CT molecular complexity index is 911. The maximum atomic E-state index is 14.0. The molecule has 0 saturated heterocycles. The number of unbranched alkanes of at least 4 members (excludes halogenated alkanes) is 3. The Balaban J connectivity index is 1.42. The van der Waals surface area contributed by atoms with Crippen molar-refractivity contribution in [1.29, 1.82) is 0 Å². The van der Waals surface area contributed by atoms with Crippen molar-refractivity contribution >= 4 is 5.97 Å². The van der Waals surface area contributed by atoms with E-state index in [4.69, 9.17) is 9.47 Å². The lowest BCUT2D eigenvalue weighted by molar-refractivity contribution is -0.140. The van der Waals surface area contributed by atoms with Crippen molar-refractivity contribution in [3.05, 3.63) is 60.7 Å². The number of carbonyl (C=O) groups excluding carboxylic acids is 1. The Morgan fingerprint density at radius 3 is 2.19 bits per heavy atom. The van der Waals surface area contributed by atoms with Gasteiger partial charge in [-0.25, -0.2) is 4.39 Å². The van der Waals surface area contributed by atoms with Gasteiger partial charge in [-0.05, 0) is 93.2 Å². The molecular formula is C32H43FO3. The molecule has 0 bridgehead atoms. The highest BCUT2D eigenvalue weighted by Gasteiger charge is 2.27. The predicted octanol–water partition coefficient (Wildman–Crippen LogP) is 9.11. The third kappa shape index (κ3) is 9.44. The molecule has 1 atom stereocenters. The Hall–Kier alpha value is -2.62. The Labute approximate surface area is 217 Å². The summed E-state index contributed by atoms with van der Waals surface area (Å²) in [4.78, 5) is 12.6. The van der Waals surface area contributed by atoms with Crippen LogP contribution in [0.25, 0.3) is 11.1 Å². The lowest BCUT2D eigenvalue weighted by Crippen LogP contribution is -2.25. The van der Waals surface area contributed by atoms with E-state index in [0.29, 0.717) is 17.9 Å². The van der Waals surface area contributed by atoms with Crippen molar-refractivity contribution in [1.82, 2.24) is 0 Å². The van der Waals surface area contributed by atoms with Crippen LogP contribution >= 0.6 is 0 Å². The topological polar surface area (TPSA) is 35.5 Å². The van der Waals surface area contributed by atoms with Gasteiger partial charge in [0.05, 0.1) is 5.92 Å². The number of rotatable bonds is 14. The number of esters is 1. The molecule has 4 heteroatoms. The van der Waals surface area contributed by atoms with Gasteiger partial charge in [0.25, 0.3) is 0 Å². The van der Waals surface area contributed by atoms with E-state index in [2.05, 4.69) is 26.0 Å². The van der Waals surface area contributed by atoms with E-state index in [1.807, 2.05) is 48.5 Å². The average Bonchev–Trinajstić information content (AvgIpc) is 2.91. The van der Waals surface area contributed by atoms with E-state index >= 15 is 0 Å². The Morgan fingerprint density at radius 1 is 0.944 bits per heavy atom. The van der Waals surface area contributed by atoms with Crippen LogP contribution in [0.2, 0.25) is 0 Å². The van der Waals surface area contributed by atoms with Crippen molar-refractivity contribution in [2.45, 2.75) is 90.6 Å². The molecule has 0 aliphatic heterocycles. The number of ether oxygens (including phenoxy) is 2. The SMILES string of the molecule is C/C=C/CCC1CCC(C(=O)Oc2ccc(-c3ccc(OC[C@@H](F)CCCCCC)cc3)cc2)CC1.